The SMILES string of the molecule is Cc1nc(NC(=O)N[C@@H]2CS(=O)(=O)C[C@@H]2Cl)sc1C. The highest BCUT2D eigenvalue weighted by molar-refractivity contribution is 7.91. The molecule has 6 nitrogen and oxygen atoms in total. The lowest BCUT2D eigenvalue weighted by atomic mass is 10.2. The van der Waals surface area contributed by atoms with Crippen LogP contribution in [0.15, 0.2) is 0 Å². The summed E-state index contributed by atoms with van der Waals surface area (Å²) in [5.74, 6) is -0.223. The Morgan fingerprint density at radius 3 is 2.58 bits per heavy atom. The molecule has 2 rings (SSSR count). The van der Waals surface area contributed by atoms with E-state index in [9.17, 15) is 13.2 Å². The van der Waals surface area contributed by atoms with Crippen LogP contribution in [0.3, 0.4) is 0 Å². The number of carbonyl (C=O) groups excluding carboxylic acids is 1. The molecule has 106 valence electrons. The molecule has 0 spiro atoms. The molecule has 0 bridgehead atoms. The summed E-state index contributed by atoms with van der Waals surface area (Å²) in [6.45, 7) is 3.77. The molecule has 2 amide bonds. The summed E-state index contributed by atoms with van der Waals surface area (Å²) in [6.07, 6.45) is 0. The molecule has 2 atom stereocenters. The van der Waals surface area contributed by atoms with Gasteiger partial charge in [-0.1, -0.05) is 0 Å². The molecule has 9 heteroatoms. The fourth-order valence-electron chi connectivity index (χ4n) is 1.76. The highest BCUT2D eigenvalue weighted by Gasteiger charge is 2.37. The average molecular weight is 324 g/mol. The van der Waals surface area contributed by atoms with Gasteiger partial charge in [-0.05, 0) is 13.8 Å². The third-order valence-electron chi connectivity index (χ3n) is 2.85. The minimum Gasteiger partial charge on any atom is -0.333 e. The lowest BCUT2D eigenvalue weighted by Gasteiger charge is -2.13. The van der Waals surface area contributed by atoms with Gasteiger partial charge in [0.25, 0.3) is 0 Å². The second kappa shape index (κ2) is 5.26. The van der Waals surface area contributed by atoms with E-state index in [0.717, 1.165) is 10.6 Å². The Morgan fingerprint density at radius 1 is 1.42 bits per heavy atom. The first-order chi connectivity index (χ1) is 8.77. The molecule has 1 aromatic heterocycles. The number of urea groups is 1. The number of anilines is 1. The van der Waals surface area contributed by atoms with Gasteiger partial charge in [0.05, 0.1) is 28.6 Å². The molecule has 0 saturated carbocycles. The Balaban J connectivity index is 1.95. The molecule has 2 heterocycles. The molecule has 0 aliphatic carbocycles. The van der Waals surface area contributed by atoms with Crippen molar-refractivity contribution in [3.8, 4) is 0 Å². The van der Waals surface area contributed by atoms with E-state index >= 15 is 0 Å². The number of nitrogens with one attached hydrogen (secondary N) is 2. The first-order valence-corrected chi connectivity index (χ1v) is 8.70. The molecular formula is C10H14ClN3O3S2. The molecule has 0 aromatic carbocycles. The van der Waals surface area contributed by atoms with Crippen LogP contribution in [0, 0.1) is 13.8 Å². The second-order valence-electron chi connectivity index (χ2n) is 4.46. The summed E-state index contributed by atoms with van der Waals surface area (Å²) in [6, 6.07) is -1.05. The molecule has 0 unspecified atom stereocenters. The van der Waals surface area contributed by atoms with E-state index in [1.807, 2.05) is 13.8 Å². The van der Waals surface area contributed by atoms with Gasteiger partial charge in [-0.2, -0.15) is 0 Å². The molecular weight excluding hydrogens is 310 g/mol. The van der Waals surface area contributed by atoms with Crippen LogP contribution in [0.2, 0.25) is 0 Å². The Labute approximate surface area is 120 Å². The van der Waals surface area contributed by atoms with Crippen LogP contribution >= 0.6 is 22.9 Å². The minimum absolute atomic E-state index is 0.102. The summed E-state index contributed by atoms with van der Waals surface area (Å²) in [5.41, 5.74) is 0.860. The largest absolute Gasteiger partial charge is 0.333 e. The minimum atomic E-state index is -3.15. The van der Waals surface area contributed by atoms with Crippen LogP contribution in [-0.4, -0.2) is 42.4 Å². The summed E-state index contributed by atoms with van der Waals surface area (Å²) in [4.78, 5) is 16.9. The van der Waals surface area contributed by atoms with Crippen molar-refractivity contribution < 1.29 is 13.2 Å². The topological polar surface area (TPSA) is 88.2 Å². The summed E-state index contributed by atoms with van der Waals surface area (Å²) >= 11 is 7.27. The zero-order valence-corrected chi connectivity index (χ0v) is 12.8. The quantitative estimate of drug-likeness (QED) is 0.803. The summed E-state index contributed by atoms with van der Waals surface area (Å²) in [5, 5.41) is 5.05. The Morgan fingerprint density at radius 2 is 2.11 bits per heavy atom. The summed E-state index contributed by atoms with van der Waals surface area (Å²) < 4.78 is 22.7. The molecule has 2 N–H and O–H groups in total. The number of carbonyl (C=O) groups is 1. The van der Waals surface area contributed by atoms with Gasteiger partial charge >= 0.3 is 6.03 Å². The van der Waals surface area contributed by atoms with E-state index in [1.54, 1.807) is 0 Å². The first kappa shape index (κ1) is 14.5. The van der Waals surface area contributed by atoms with Gasteiger partial charge in [0.1, 0.15) is 0 Å². The summed E-state index contributed by atoms with van der Waals surface area (Å²) in [7, 11) is -3.15. The third-order valence-corrected chi connectivity index (χ3v) is 6.21. The smallest absolute Gasteiger partial charge is 0.321 e. The number of hydrogen-bond acceptors (Lipinski definition) is 5. The van der Waals surface area contributed by atoms with Gasteiger partial charge in [0.2, 0.25) is 0 Å². The predicted octanol–water partition coefficient (Wildman–Crippen LogP) is 1.29. The monoisotopic (exact) mass is 323 g/mol. The van der Waals surface area contributed by atoms with Crippen molar-refractivity contribution in [3.63, 3.8) is 0 Å². The number of hydrogen-bond donors (Lipinski definition) is 2. The number of sulfone groups is 1. The lowest BCUT2D eigenvalue weighted by Crippen LogP contribution is -2.42. The fraction of sp³-hybridized carbons (Fsp3) is 0.600. The standard InChI is InChI=1S/C10H14ClN3O3S2/c1-5-6(2)18-10(12-5)14-9(15)13-8-4-19(16,17)3-7(8)11/h7-8H,3-4H2,1-2H3,(H2,12,13,14,15)/t7-,8+/m0/s1. The third kappa shape index (κ3) is 3.58. The van der Waals surface area contributed by atoms with Gasteiger partial charge in [-0.15, -0.1) is 22.9 Å². The van der Waals surface area contributed by atoms with Crippen molar-refractivity contribution in [1.82, 2.24) is 10.3 Å². The van der Waals surface area contributed by atoms with Crippen LogP contribution in [0.1, 0.15) is 10.6 Å². The highest BCUT2D eigenvalue weighted by atomic mass is 35.5. The molecule has 1 saturated heterocycles. The lowest BCUT2D eigenvalue weighted by molar-refractivity contribution is 0.249. The number of nitrogens with zero attached hydrogens (tertiary/aromatic N) is 1. The van der Waals surface area contributed by atoms with Crippen molar-refractivity contribution in [2.24, 2.45) is 0 Å². The number of halogens is 1. The predicted molar refractivity (Wildman–Crippen MR) is 75.8 cm³/mol. The number of thiazole rings is 1. The molecule has 1 aliphatic heterocycles. The van der Waals surface area contributed by atoms with Crippen LogP contribution in [-0.2, 0) is 9.84 Å². The van der Waals surface area contributed by atoms with Crippen molar-refractivity contribution >= 4 is 43.9 Å². The van der Waals surface area contributed by atoms with E-state index in [-0.39, 0.29) is 11.5 Å². The molecule has 1 aromatic rings. The Hall–Kier alpha value is -0.860. The maximum atomic E-state index is 11.7. The maximum absolute atomic E-state index is 11.7. The van der Waals surface area contributed by atoms with Crippen molar-refractivity contribution in [1.29, 1.82) is 0 Å². The van der Waals surface area contributed by atoms with E-state index in [1.165, 1.54) is 11.3 Å². The van der Waals surface area contributed by atoms with Crippen molar-refractivity contribution in [3.05, 3.63) is 10.6 Å². The zero-order chi connectivity index (χ0) is 14.2. The highest BCUT2D eigenvalue weighted by Crippen LogP contribution is 2.21. The Bertz CT molecular complexity index is 580. The van der Waals surface area contributed by atoms with Crippen LogP contribution in [0.25, 0.3) is 0 Å². The normalized spacial score (nSPS) is 25.2. The van der Waals surface area contributed by atoms with Gasteiger partial charge in [0, 0.05) is 4.88 Å². The van der Waals surface area contributed by atoms with E-state index < -0.39 is 27.3 Å². The van der Waals surface area contributed by atoms with Gasteiger partial charge in [0.15, 0.2) is 15.0 Å². The molecule has 0 radical (unpaired) electrons. The number of rotatable bonds is 2. The number of amides is 2. The fourth-order valence-corrected chi connectivity index (χ4v) is 5.12. The van der Waals surface area contributed by atoms with E-state index in [4.69, 9.17) is 11.6 Å². The zero-order valence-electron chi connectivity index (χ0n) is 10.4. The van der Waals surface area contributed by atoms with Crippen molar-refractivity contribution in [2.75, 3.05) is 16.8 Å². The maximum Gasteiger partial charge on any atom is 0.321 e. The van der Waals surface area contributed by atoms with Crippen LogP contribution < -0.4 is 10.6 Å². The molecule has 1 fully saturated rings. The number of aromatic nitrogens is 1. The van der Waals surface area contributed by atoms with E-state index in [0.29, 0.717) is 5.13 Å². The molecule has 1 aliphatic rings. The average Bonchev–Trinajstić information content (AvgIpc) is 2.67. The Kier molecular flexibility index (Phi) is 4.03. The van der Waals surface area contributed by atoms with Crippen LogP contribution in [0.4, 0.5) is 9.93 Å². The van der Waals surface area contributed by atoms with Gasteiger partial charge < -0.3 is 5.32 Å². The first-order valence-electron chi connectivity index (χ1n) is 5.63. The molecule has 19 heavy (non-hydrogen) atoms. The van der Waals surface area contributed by atoms with Gasteiger partial charge in [-0.3, -0.25) is 5.32 Å². The number of alkyl halides is 1. The van der Waals surface area contributed by atoms with Crippen molar-refractivity contribution in [2.45, 2.75) is 25.3 Å². The van der Waals surface area contributed by atoms with E-state index in [2.05, 4.69) is 15.6 Å². The second-order valence-corrected chi connectivity index (χ2v) is 8.38. The number of aryl methyl sites for hydroxylation is 2. The van der Waals surface area contributed by atoms with Gasteiger partial charge in [-0.25, -0.2) is 18.2 Å². The van der Waals surface area contributed by atoms with Crippen LogP contribution in [0.5, 0.6) is 0 Å².